The molecule has 2 N–H and O–H groups in total. The van der Waals surface area contributed by atoms with Crippen molar-refractivity contribution in [3.8, 4) is 0 Å². The Bertz CT molecular complexity index is 348. The number of morpholine rings is 1. The minimum atomic E-state index is -0.918. The molecule has 2 amide bonds. The van der Waals surface area contributed by atoms with Crippen LogP contribution in [0.4, 0.5) is 4.79 Å². The molecule has 0 saturated carbocycles. The highest BCUT2D eigenvalue weighted by molar-refractivity contribution is 5.75. The lowest BCUT2D eigenvalue weighted by molar-refractivity contribution is -0.141. The lowest BCUT2D eigenvalue weighted by atomic mass is 10.1. The van der Waals surface area contributed by atoms with Gasteiger partial charge in [-0.15, -0.1) is 0 Å². The van der Waals surface area contributed by atoms with Crippen LogP contribution in [0.1, 0.15) is 27.2 Å². The number of carboxylic acids is 1. The van der Waals surface area contributed by atoms with Gasteiger partial charge >= 0.3 is 12.0 Å². The zero-order chi connectivity index (χ0) is 15.8. The first-order chi connectivity index (χ1) is 9.93. The van der Waals surface area contributed by atoms with Crippen molar-refractivity contribution in [2.45, 2.75) is 39.3 Å². The molecule has 0 radical (unpaired) electrons. The average molecular weight is 302 g/mol. The van der Waals surface area contributed by atoms with Crippen LogP contribution in [0, 0.1) is 5.92 Å². The van der Waals surface area contributed by atoms with Crippen LogP contribution in [-0.4, -0.2) is 67.1 Å². The van der Waals surface area contributed by atoms with Gasteiger partial charge < -0.3 is 24.8 Å². The van der Waals surface area contributed by atoms with Crippen molar-refractivity contribution in [1.29, 1.82) is 0 Å². The first-order valence-corrected chi connectivity index (χ1v) is 7.40. The maximum Gasteiger partial charge on any atom is 0.317 e. The molecular formula is C14H26N2O5. The summed E-state index contributed by atoms with van der Waals surface area (Å²) in [5.74, 6) is -0.657. The molecule has 1 rings (SSSR count). The number of nitrogens with one attached hydrogen (secondary N) is 1. The number of urea groups is 1. The molecule has 2 atom stereocenters. The van der Waals surface area contributed by atoms with Gasteiger partial charge in [-0.2, -0.15) is 0 Å². The Labute approximate surface area is 125 Å². The third kappa shape index (κ3) is 6.31. The van der Waals surface area contributed by atoms with Crippen molar-refractivity contribution in [3.05, 3.63) is 0 Å². The molecule has 122 valence electrons. The molecule has 1 heterocycles. The molecule has 0 bridgehead atoms. The van der Waals surface area contributed by atoms with Crippen molar-refractivity contribution in [2.75, 3.05) is 32.9 Å². The first kappa shape index (κ1) is 17.7. The second-order valence-electron chi connectivity index (χ2n) is 5.50. The van der Waals surface area contributed by atoms with Crippen molar-refractivity contribution in [1.82, 2.24) is 10.2 Å². The molecule has 21 heavy (non-hydrogen) atoms. The van der Waals surface area contributed by atoms with E-state index in [9.17, 15) is 9.59 Å². The van der Waals surface area contributed by atoms with Crippen molar-refractivity contribution in [2.24, 2.45) is 5.92 Å². The molecule has 0 aliphatic carbocycles. The number of nitrogens with zero attached hydrogens (tertiary/aromatic N) is 1. The minimum Gasteiger partial charge on any atom is -0.481 e. The lowest BCUT2D eigenvalue weighted by Gasteiger charge is -2.34. The van der Waals surface area contributed by atoms with Crippen LogP contribution in [0.15, 0.2) is 0 Å². The molecule has 1 fully saturated rings. The van der Waals surface area contributed by atoms with E-state index in [1.54, 1.807) is 4.90 Å². The number of ether oxygens (including phenoxy) is 2. The largest absolute Gasteiger partial charge is 0.481 e. The molecule has 7 heteroatoms. The summed E-state index contributed by atoms with van der Waals surface area (Å²) in [6.07, 6.45) is -0.525. The van der Waals surface area contributed by atoms with E-state index in [4.69, 9.17) is 14.6 Å². The standard InChI is InChI=1S/C14H26N2O5/c1-4-20-9-12(10(2)3)15-14(19)16-5-6-21-11(8-16)7-13(17)18/h10-12H,4-9H2,1-3H3,(H,15,19)(H,17,18). The highest BCUT2D eigenvalue weighted by atomic mass is 16.5. The number of carbonyl (C=O) groups excluding carboxylic acids is 1. The number of amides is 2. The van der Waals surface area contributed by atoms with Crippen LogP contribution < -0.4 is 5.32 Å². The quantitative estimate of drug-likeness (QED) is 0.730. The van der Waals surface area contributed by atoms with Crippen LogP contribution in [0.3, 0.4) is 0 Å². The summed E-state index contributed by atoms with van der Waals surface area (Å²) in [4.78, 5) is 24.6. The molecular weight excluding hydrogens is 276 g/mol. The summed E-state index contributed by atoms with van der Waals surface area (Å²) in [6, 6.07) is -0.245. The fourth-order valence-corrected chi connectivity index (χ4v) is 2.12. The van der Waals surface area contributed by atoms with Gasteiger partial charge in [0.25, 0.3) is 0 Å². The molecule has 0 aromatic rings. The van der Waals surface area contributed by atoms with E-state index >= 15 is 0 Å². The first-order valence-electron chi connectivity index (χ1n) is 7.40. The van der Waals surface area contributed by atoms with E-state index in [-0.39, 0.29) is 24.4 Å². The highest BCUT2D eigenvalue weighted by Gasteiger charge is 2.27. The summed E-state index contributed by atoms with van der Waals surface area (Å²) in [7, 11) is 0. The molecule has 0 aromatic heterocycles. The van der Waals surface area contributed by atoms with Gasteiger partial charge in [0, 0.05) is 19.7 Å². The smallest absolute Gasteiger partial charge is 0.317 e. The van der Waals surface area contributed by atoms with Gasteiger partial charge in [0.1, 0.15) is 0 Å². The summed E-state index contributed by atoms with van der Waals surface area (Å²) >= 11 is 0. The van der Waals surface area contributed by atoms with Crippen LogP contribution in [0.2, 0.25) is 0 Å². The van der Waals surface area contributed by atoms with E-state index in [1.165, 1.54) is 0 Å². The van der Waals surface area contributed by atoms with Crippen LogP contribution in [0.5, 0.6) is 0 Å². The van der Waals surface area contributed by atoms with Gasteiger partial charge in [0.15, 0.2) is 0 Å². The van der Waals surface area contributed by atoms with Crippen molar-refractivity contribution in [3.63, 3.8) is 0 Å². The van der Waals surface area contributed by atoms with Crippen LogP contribution in [0.25, 0.3) is 0 Å². The van der Waals surface area contributed by atoms with Crippen molar-refractivity contribution < 1.29 is 24.2 Å². The van der Waals surface area contributed by atoms with Gasteiger partial charge in [-0.25, -0.2) is 4.79 Å². The summed E-state index contributed by atoms with van der Waals surface area (Å²) in [5.41, 5.74) is 0. The molecule has 1 saturated heterocycles. The third-order valence-electron chi connectivity index (χ3n) is 3.44. The second kappa shape index (κ2) is 8.84. The highest BCUT2D eigenvalue weighted by Crippen LogP contribution is 2.10. The molecule has 1 aliphatic heterocycles. The van der Waals surface area contributed by atoms with Gasteiger partial charge in [0.2, 0.25) is 0 Å². The number of carbonyl (C=O) groups is 2. The third-order valence-corrected chi connectivity index (χ3v) is 3.44. The van der Waals surface area contributed by atoms with Gasteiger partial charge in [-0.3, -0.25) is 4.79 Å². The Morgan fingerprint density at radius 2 is 2.19 bits per heavy atom. The van der Waals surface area contributed by atoms with Crippen LogP contribution >= 0.6 is 0 Å². The maximum absolute atomic E-state index is 12.3. The Hall–Kier alpha value is -1.34. The second-order valence-corrected chi connectivity index (χ2v) is 5.50. The number of rotatable bonds is 7. The Morgan fingerprint density at radius 1 is 1.48 bits per heavy atom. The minimum absolute atomic E-state index is 0.0572. The summed E-state index contributed by atoms with van der Waals surface area (Å²) in [5, 5.41) is 11.7. The molecule has 7 nitrogen and oxygen atoms in total. The van der Waals surface area contributed by atoms with Gasteiger partial charge in [0.05, 0.1) is 31.8 Å². The SMILES string of the molecule is CCOCC(NC(=O)N1CCOC(CC(=O)O)C1)C(C)C. The fraction of sp³-hybridized carbons (Fsp3) is 0.857. The van der Waals surface area contributed by atoms with E-state index in [0.29, 0.717) is 32.9 Å². The van der Waals surface area contributed by atoms with Crippen molar-refractivity contribution >= 4 is 12.0 Å². The molecule has 1 aliphatic rings. The number of carboxylic acid groups (broad SMARTS) is 1. The molecule has 0 spiro atoms. The Morgan fingerprint density at radius 3 is 2.76 bits per heavy atom. The van der Waals surface area contributed by atoms with E-state index in [0.717, 1.165) is 0 Å². The summed E-state index contributed by atoms with van der Waals surface area (Å²) < 4.78 is 10.7. The normalized spacial score (nSPS) is 20.4. The Balaban J connectivity index is 2.50. The zero-order valence-corrected chi connectivity index (χ0v) is 13.0. The maximum atomic E-state index is 12.3. The van der Waals surface area contributed by atoms with E-state index in [1.807, 2.05) is 20.8 Å². The lowest BCUT2D eigenvalue weighted by Crippen LogP contribution is -2.53. The number of aliphatic carboxylic acids is 1. The van der Waals surface area contributed by atoms with E-state index in [2.05, 4.69) is 5.32 Å². The van der Waals surface area contributed by atoms with E-state index < -0.39 is 12.1 Å². The van der Waals surface area contributed by atoms with Crippen LogP contribution in [-0.2, 0) is 14.3 Å². The predicted molar refractivity (Wildman–Crippen MR) is 77.2 cm³/mol. The monoisotopic (exact) mass is 302 g/mol. The predicted octanol–water partition coefficient (Wildman–Crippen LogP) is 0.933. The zero-order valence-electron chi connectivity index (χ0n) is 13.0. The van der Waals surface area contributed by atoms with Gasteiger partial charge in [-0.05, 0) is 12.8 Å². The topological polar surface area (TPSA) is 88.1 Å². The molecule has 2 unspecified atom stereocenters. The Kier molecular flexibility index (Phi) is 7.45. The summed E-state index contributed by atoms with van der Waals surface area (Å²) in [6.45, 7) is 8.19. The number of hydrogen-bond acceptors (Lipinski definition) is 4. The van der Waals surface area contributed by atoms with Gasteiger partial charge in [-0.1, -0.05) is 13.8 Å². The average Bonchev–Trinajstić information content (AvgIpc) is 2.42. The fourth-order valence-electron chi connectivity index (χ4n) is 2.12. The number of hydrogen-bond donors (Lipinski definition) is 2. The molecule has 0 aromatic carbocycles.